The van der Waals surface area contributed by atoms with Gasteiger partial charge in [-0.1, -0.05) is 6.07 Å². The van der Waals surface area contributed by atoms with Crippen LogP contribution in [-0.4, -0.2) is 46.1 Å². The summed E-state index contributed by atoms with van der Waals surface area (Å²) >= 11 is 0. The van der Waals surface area contributed by atoms with Crippen molar-refractivity contribution >= 4 is 11.9 Å². The van der Waals surface area contributed by atoms with Crippen molar-refractivity contribution in [1.82, 2.24) is 20.4 Å². The van der Waals surface area contributed by atoms with Crippen molar-refractivity contribution in [2.75, 3.05) is 14.1 Å². The molecule has 1 radical (unpaired) electrons. The first-order valence-corrected chi connectivity index (χ1v) is 5.00. The predicted octanol–water partition coefficient (Wildman–Crippen LogP) is -0.248. The largest absolute Gasteiger partial charge is 0.390 e. The van der Waals surface area contributed by atoms with Crippen molar-refractivity contribution in [3.05, 3.63) is 29.6 Å². The van der Waals surface area contributed by atoms with Gasteiger partial charge in [0.1, 0.15) is 5.69 Å². The SMILES string of the molecule is CN1[N]C(c2cccc(CO)n2)=NN(C)C1=O. The van der Waals surface area contributed by atoms with Crippen LogP contribution in [0.25, 0.3) is 0 Å². The van der Waals surface area contributed by atoms with E-state index in [0.29, 0.717) is 17.2 Å². The molecule has 0 bridgehead atoms. The van der Waals surface area contributed by atoms with E-state index in [1.54, 1.807) is 32.3 Å². The lowest BCUT2D eigenvalue weighted by Crippen LogP contribution is -2.48. The van der Waals surface area contributed by atoms with Gasteiger partial charge in [-0.25, -0.2) is 19.8 Å². The van der Waals surface area contributed by atoms with Crippen LogP contribution in [0, 0.1) is 0 Å². The van der Waals surface area contributed by atoms with Crippen LogP contribution in [0.1, 0.15) is 11.4 Å². The number of carbonyl (C=O) groups is 1. The molecule has 1 aromatic rings. The average molecular weight is 234 g/mol. The number of urea groups is 1. The number of nitrogens with zero attached hydrogens (tertiary/aromatic N) is 5. The number of pyridine rings is 1. The molecule has 0 aliphatic carbocycles. The third-order valence-corrected chi connectivity index (χ3v) is 2.24. The number of hydrogen-bond acceptors (Lipinski definition) is 4. The van der Waals surface area contributed by atoms with Crippen molar-refractivity contribution in [1.29, 1.82) is 0 Å². The summed E-state index contributed by atoms with van der Waals surface area (Å²) in [6.45, 7) is -0.147. The number of hydrazone groups is 1. The Morgan fingerprint density at radius 2 is 2.06 bits per heavy atom. The molecule has 0 atom stereocenters. The molecule has 0 aromatic carbocycles. The van der Waals surface area contributed by atoms with Crippen molar-refractivity contribution < 1.29 is 9.90 Å². The maximum absolute atomic E-state index is 11.4. The summed E-state index contributed by atoms with van der Waals surface area (Å²) in [4.78, 5) is 15.6. The van der Waals surface area contributed by atoms with Crippen LogP contribution in [0.2, 0.25) is 0 Å². The number of aromatic nitrogens is 1. The molecule has 0 fully saturated rings. The summed E-state index contributed by atoms with van der Waals surface area (Å²) in [7, 11) is 3.09. The first kappa shape index (κ1) is 11.3. The summed E-state index contributed by atoms with van der Waals surface area (Å²) < 4.78 is 0. The highest BCUT2D eigenvalue weighted by atomic mass is 16.3. The second-order valence-electron chi connectivity index (χ2n) is 3.53. The minimum Gasteiger partial charge on any atom is -0.390 e. The van der Waals surface area contributed by atoms with Gasteiger partial charge in [-0.05, 0) is 12.1 Å². The van der Waals surface area contributed by atoms with Crippen LogP contribution in [0.5, 0.6) is 0 Å². The first-order valence-electron chi connectivity index (χ1n) is 5.00. The van der Waals surface area contributed by atoms with Crippen LogP contribution in [0.3, 0.4) is 0 Å². The Balaban J connectivity index is 2.33. The highest BCUT2D eigenvalue weighted by Crippen LogP contribution is 2.07. The number of amidine groups is 1. The van der Waals surface area contributed by atoms with Gasteiger partial charge in [-0.15, -0.1) is 10.5 Å². The smallest absolute Gasteiger partial charge is 0.360 e. The molecule has 0 saturated heterocycles. The topological polar surface area (TPSA) is 83.1 Å². The second kappa shape index (κ2) is 4.38. The zero-order chi connectivity index (χ0) is 12.4. The average Bonchev–Trinajstić information content (AvgIpc) is 2.35. The van der Waals surface area contributed by atoms with Gasteiger partial charge < -0.3 is 5.11 Å². The Bertz CT molecular complexity index is 474. The number of carbonyl (C=O) groups excluding carboxylic acids is 1. The van der Waals surface area contributed by atoms with Crippen molar-refractivity contribution in [3.8, 4) is 0 Å². The fourth-order valence-electron chi connectivity index (χ4n) is 1.39. The molecule has 0 spiro atoms. The molecule has 7 heteroatoms. The lowest BCUT2D eigenvalue weighted by Gasteiger charge is -2.26. The summed E-state index contributed by atoms with van der Waals surface area (Å²) in [6, 6.07) is 4.86. The molecule has 0 saturated carbocycles. The third-order valence-electron chi connectivity index (χ3n) is 2.24. The van der Waals surface area contributed by atoms with Crippen molar-refractivity contribution in [3.63, 3.8) is 0 Å². The maximum atomic E-state index is 11.4. The number of aliphatic hydroxyl groups excluding tert-OH is 1. The molecule has 1 aromatic heterocycles. The summed E-state index contributed by atoms with van der Waals surface area (Å²) in [5, 5.41) is 15.4. The van der Waals surface area contributed by atoms with E-state index >= 15 is 0 Å². The normalized spacial score (nSPS) is 15.7. The number of amides is 2. The van der Waals surface area contributed by atoms with E-state index in [0.717, 1.165) is 0 Å². The van der Waals surface area contributed by atoms with Gasteiger partial charge in [0, 0.05) is 14.1 Å². The number of hydrogen-bond donors (Lipinski definition) is 1. The van der Waals surface area contributed by atoms with Gasteiger partial charge in [0.25, 0.3) is 0 Å². The molecule has 89 valence electrons. The van der Waals surface area contributed by atoms with Gasteiger partial charge >= 0.3 is 6.03 Å². The molecule has 0 unspecified atom stereocenters. The second-order valence-corrected chi connectivity index (χ2v) is 3.53. The standard InChI is InChI=1S/C10H12N5O2/c1-14-10(17)15(2)13-9(12-14)8-5-3-4-7(6-16)11-8/h3-5,16H,6H2,1-2H3. The van der Waals surface area contributed by atoms with Gasteiger partial charge in [0.05, 0.1) is 12.3 Å². The first-order chi connectivity index (χ1) is 8.11. The molecule has 2 heterocycles. The molecule has 1 aliphatic rings. The molecular formula is C10H12N5O2. The zero-order valence-corrected chi connectivity index (χ0v) is 9.53. The molecule has 2 rings (SSSR count). The molecule has 2 amide bonds. The van der Waals surface area contributed by atoms with Gasteiger partial charge in [0.15, 0.2) is 0 Å². The van der Waals surface area contributed by atoms with E-state index in [4.69, 9.17) is 5.11 Å². The van der Waals surface area contributed by atoms with Gasteiger partial charge in [0.2, 0.25) is 5.84 Å². The van der Waals surface area contributed by atoms with Crippen LogP contribution in [0.4, 0.5) is 4.79 Å². The Labute approximate surface area is 98.3 Å². The third kappa shape index (κ3) is 2.18. The van der Waals surface area contributed by atoms with Crippen molar-refractivity contribution in [2.45, 2.75) is 6.61 Å². The van der Waals surface area contributed by atoms with E-state index in [2.05, 4.69) is 15.5 Å². The zero-order valence-electron chi connectivity index (χ0n) is 9.53. The molecule has 1 aliphatic heterocycles. The maximum Gasteiger partial charge on any atom is 0.360 e. The molecule has 17 heavy (non-hydrogen) atoms. The van der Waals surface area contributed by atoms with E-state index in [1.807, 2.05) is 0 Å². The Morgan fingerprint density at radius 3 is 2.71 bits per heavy atom. The highest BCUT2D eigenvalue weighted by Gasteiger charge is 2.24. The summed E-state index contributed by atoms with van der Waals surface area (Å²) in [6.07, 6.45) is 0. The van der Waals surface area contributed by atoms with Crippen LogP contribution in [-0.2, 0) is 6.61 Å². The quantitative estimate of drug-likeness (QED) is 0.766. The lowest BCUT2D eigenvalue weighted by molar-refractivity contribution is 0.155. The summed E-state index contributed by atoms with van der Waals surface area (Å²) in [5.41, 5.74) is 5.05. The molecule has 1 N–H and O–H groups in total. The predicted molar refractivity (Wildman–Crippen MR) is 59.8 cm³/mol. The Kier molecular flexibility index (Phi) is 2.92. The van der Waals surface area contributed by atoms with E-state index in [1.165, 1.54) is 10.0 Å². The van der Waals surface area contributed by atoms with E-state index < -0.39 is 0 Å². The minimum absolute atomic E-state index is 0.147. The minimum atomic E-state index is -0.313. The van der Waals surface area contributed by atoms with Gasteiger partial charge in [-0.3, -0.25) is 0 Å². The van der Waals surface area contributed by atoms with Crippen LogP contribution >= 0.6 is 0 Å². The monoisotopic (exact) mass is 234 g/mol. The number of rotatable bonds is 2. The van der Waals surface area contributed by atoms with Crippen LogP contribution < -0.4 is 5.43 Å². The van der Waals surface area contributed by atoms with Gasteiger partial charge in [-0.2, -0.15) is 0 Å². The van der Waals surface area contributed by atoms with E-state index in [-0.39, 0.29) is 12.6 Å². The highest BCUT2D eigenvalue weighted by molar-refractivity contribution is 5.99. The molecule has 7 nitrogen and oxygen atoms in total. The van der Waals surface area contributed by atoms with E-state index in [9.17, 15) is 4.79 Å². The Hall–Kier alpha value is -2.15. The Morgan fingerprint density at radius 1 is 1.29 bits per heavy atom. The fraction of sp³-hybridized carbons (Fsp3) is 0.300. The number of aliphatic hydroxyl groups is 1. The van der Waals surface area contributed by atoms with Crippen molar-refractivity contribution in [2.24, 2.45) is 5.10 Å². The fourth-order valence-corrected chi connectivity index (χ4v) is 1.39. The van der Waals surface area contributed by atoms with Crippen LogP contribution in [0.15, 0.2) is 23.3 Å². The lowest BCUT2D eigenvalue weighted by atomic mass is 10.3. The summed E-state index contributed by atoms with van der Waals surface area (Å²) in [5.74, 6) is 0.338. The molecular weight excluding hydrogens is 222 g/mol.